The molecule has 0 saturated carbocycles. The maximum absolute atomic E-state index is 14.6. The maximum Gasteiger partial charge on any atom is 0.408 e. The Kier molecular flexibility index (Phi) is 13.1. The highest BCUT2D eigenvalue weighted by molar-refractivity contribution is 6.00. The molecule has 0 radical (unpaired) electrons. The molecule has 0 aliphatic heterocycles. The predicted molar refractivity (Wildman–Crippen MR) is 172 cm³/mol. The quantitative estimate of drug-likeness (QED) is 0.236. The van der Waals surface area contributed by atoms with Crippen molar-refractivity contribution >= 4 is 23.6 Å². The number of nitrogens with zero attached hydrogens (tertiary/aromatic N) is 1. The van der Waals surface area contributed by atoms with Crippen LogP contribution in [0.4, 0.5) is 10.5 Å². The van der Waals surface area contributed by atoms with Crippen molar-refractivity contribution in [3.8, 4) is 0 Å². The van der Waals surface area contributed by atoms with Crippen molar-refractivity contribution < 1.29 is 19.1 Å². The van der Waals surface area contributed by atoms with Gasteiger partial charge in [0.1, 0.15) is 17.7 Å². The minimum atomic E-state index is -0.885. The number of rotatable bonds is 13. The van der Waals surface area contributed by atoms with Gasteiger partial charge in [0, 0.05) is 12.2 Å². The third-order valence-corrected chi connectivity index (χ3v) is 7.54. The number of benzene rings is 2. The van der Waals surface area contributed by atoms with Crippen molar-refractivity contribution in [2.75, 3.05) is 11.9 Å². The Balaban J connectivity index is 2.65. The van der Waals surface area contributed by atoms with Crippen LogP contribution in [0.15, 0.2) is 36.4 Å². The first-order valence-corrected chi connectivity index (χ1v) is 15.4. The topological polar surface area (TPSA) is 87.7 Å². The van der Waals surface area contributed by atoms with E-state index in [-0.39, 0.29) is 17.7 Å². The highest BCUT2D eigenvalue weighted by Gasteiger charge is 2.38. The summed E-state index contributed by atoms with van der Waals surface area (Å²) in [5.41, 5.74) is 4.72. The molecule has 0 aromatic heterocycles. The number of aryl methyl sites for hydroxylation is 4. The lowest BCUT2D eigenvalue weighted by Gasteiger charge is -2.36. The highest BCUT2D eigenvalue weighted by Crippen LogP contribution is 2.30. The zero-order valence-electron chi connectivity index (χ0n) is 27.5. The number of para-hydroxylation sites is 1. The third kappa shape index (κ3) is 10.2. The highest BCUT2D eigenvalue weighted by atomic mass is 16.6. The van der Waals surface area contributed by atoms with E-state index in [0.717, 1.165) is 59.2 Å². The molecule has 0 aliphatic rings. The summed E-state index contributed by atoms with van der Waals surface area (Å²) in [7, 11) is 0. The van der Waals surface area contributed by atoms with Gasteiger partial charge < -0.3 is 20.3 Å². The molecule has 2 aromatic carbocycles. The fourth-order valence-electron chi connectivity index (χ4n) is 5.22. The normalized spacial score (nSPS) is 13.6. The molecule has 0 fully saturated rings. The van der Waals surface area contributed by atoms with Crippen molar-refractivity contribution in [1.82, 2.24) is 10.2 Å². The zero-order valence-corrected chi connectivity index (χ0v) is 27.5. The van der Waals surface area contributed by atoms with E-state index in [9.17, 15) is 14.4 Å². The minimum absolute atomic E-state index is 0.176. The van der Waals surface area contributed by atoms with Crippen LogP contribution in [0.3, 0.4) is 0 Å². The van der Waals surface area contributed by atoms with E-state index in [1.54, 1.807) is 25.7 Å². The Hall–Kier alpha value is -3.35. The lowest BCUT2D eigenvalue weighted by molar-refractivity contribution is -0.142. The number of amides is 3. The monoisotopic (exact) mass is 579 g/mol. The summed E-state index contributed by atoms with van der Waals surface area (Å²) in [6.45, 7) is 19.8. The number of anilines is 1. The van der Waals surface area contributed by atoms with Gasteiger partial charge in [0.15, 0.2) is 0 Å². The molecule has 42 heavy (non-hydrogen) atoms. The van der Waals surface area contributed by atoms with E-state index < -0.39 is 23.8 Å². The lowest BCUT2D eigenvalue weighted by atomic mass is 9.94. The third-order valence-electron chi connectivity index (χ3n) is 7.54. The summed E-state index contributed by atoms with van der Waals surface area (Å²) >= 11 is 0. The maximum atomic E-state index is 14.6. The molecule has 7 nitrogen and oxygen atoms in total. The number of nitrogens with one attached hydrogen (secondary N) is 2. The Bertz CT molecular complexity index is 1180. The van der Waals surface area contributed by atoms with Crippen LogP contribution >= 0.6 is 0 Å². The molecule has 3 amide bonds. The van der Waals surface area contributed by atoms with Crippen LogP contribution in [0.5, 0.6) is 0 Å². The molecule has 2 aromatic rings. The largest absolute Gasteiger partial charge is 0.444 e. The summed E-state index contributed by atoms with van der Waals surface area (Å²) in [6.07, 6.45) is 3.80. The standard InChI is InChI=1S/C35H53N3O4/c1-11-13-14-15-19-38(33(40)30(25(5)12-2)37-34(41)42-35(8,9)10)31(28-21-23(3)20-24(4)22-28)32(39)36-29-26(6)17-16-18-27(29)7/h16-18,20-22,25,30-31H,11-15,19H2,1-10H3,(H,36,39)(H,37,41). The molecular formula is C35H53N3O4. The Labute approximate surface area is 253 Å². The summed E-state index contributed by atoms with van der Waals surface area (Å²) in [5, 5.41) is 6.02. The fourth-order valence-corrected chi connectivity index (χ4v) is 5.22. The molecular weight excluding hydrogens is 526 g/mol. The van der Waals surface area contributed by atoms with Crippen LogP contribution in [0.25, 0.3) is 0 Å². The molecule has 2 rings (SSSR count). The number of hydrogen-bond acceptors (Lipinski definition) is 4. The van der Waals surface area contributed by atoms with Crippen molar-refractivity contribution in [2.24, 2.45) is 5.92 Å². The van der Waals surface area contributed by atoms with Gasteiger partial charge in [0.05, 0.1) is 0 Å². The number of alkyl carbamates (subject to hydrolysis) is 1. The van der Waals surface area contributed by atoms with Crippen LogP contribution in [0, 0.1) is 33.6 Å². The molecule has 0 bridgehead atoms. The molecule has 0 spiro atoms. The number of unbranched alkanes of at least 4 members (excludes halogenated alkanes) is 3. The first-order chi connectivity index (χ1) is 19.7. The van der Waals surface area contributed by atoms with E-state index in [1.165, 1.54) is 0 Å². The van der Waals surface area contributed by atoms with Crippen LogP contribution in [-0.4, -0.2) is 41.0 Å². The van der Waals surface area contributed by atoms with Gasteiger partial charge in [-0.05, 0) is 77.5 Å². The van der Waals surface area contributed by atoms with Crippen LogP contribution in [0.1, 0.15) is 108 Å². The summed E-state index contributed by atoms with van der Waals surface area (Å²) in [6, 6.07) is 10.2. The molecule has 0 heterocycles. The Morgan fingerprint density at radius 1 is 0.905 bits per heavy atom. The summed E-state index contributed by atoms with van der Waals surface area (Å²) in [4.78, 5) is 43.5. The summed E-state index contributed by atoms with van der Waals surface area (Å²) < 4.78 is 5.54. The average Bonchev–Trinajstić information content (AvgIpc) is 2.88. The predicted octanol–water partition coefficient (Wildman–Crippen LogP) is 7.95. The number of carbonyl (C=O) groups is 3. The average molecular weight is 580 g/mol. The van der Waals surface area contributed by atoms with E-state index in [2.05, 4.69) is 23.6 Å². The Morgan fingerprint density at radius 2 is 1.50 bits per heavy atom. The van der Waals surface area contributed by atoms with Crippen LogP contribution in [-0.2, 0) is 14.3 Å². The van der Waals surface area contributed by atoms with E-state index in [4.69, 9.17) is 4.74 Å². The molecule has 7 heteroatoms. The molecule has 0 aliphatic carbocycles. The SMILES string of the molecule is CCCCCCN(C(=O)C(NC(=O)OC(C)(C)C)C(C)CC)C(C(=O)Nc1c(C)cccc1C)c1cc(C)cc(C)c1. The molecule has 0 saturated heterocycles. The van der Waals surface area contributed by atoms with Crippen molar-refractivity contribution in [3.63, 3.8) is 0 Å². The zero-order chi connectivity index (χ0) is 31.6. The smallest absolute Gasteiger partial charge is 0.408 e. The second-order valence-corrected chi connectivity index (χ2v) is 12.7. The summed E-state index contributed by atoms with van der Waals surface area (Å²) in [5.74, 6) is -0.737. The van der Waals surface area contributed by atoms with Crippen molar-refractivity contribution in [2.45, 2.75) is 119 Å². The molecule has 3 unspecified atom stereocenters. The first kappa shape index (κ1) is 34.8. The van der Waals surface area contributed by atoms with Crippen molar-refractivity contribution in [3.05, 3.63) is 64.2 Å². The van der Waals surface area contributed by atoms with Crippen LogP contribution in [0.2, 0.25) is 0 Å². The second-order valence-electron chi connectivity index (χ2n) is 12.7. The van der Waals surface area contributed by atoms with Gasteiger partial charge in [-0.25, -0.2) is 4.79 Å². The van der Waals surface area contributed by atoms with Gasteiger partial charge in [-0.3, -0.25) is 9.59 Å². The fraction of sp³-hybridized carbons (Fsp3) is 0.571. The van der Waals surface area contributed by atoms with Gasteiger partial charge >= 0.3 is 6.09 Å². The van der Waals surface area contributed by atoms with Gasteiger partial charge in [0.25, 0.3) is 5.91 Å². The van der Waals surface area contributed by atoms with Gasteiger partial charge in [0.2, 0.25) is 5.91 Å². The number of hydrogen-bond donors (Lipinski definition) is 2. The number of carbonyl (C=O) groups excluding carboxylic acids is 3. The van der Waals surface area contributed by atoms with E-state index in [1.807, 2.05) is 71.9 Å². The lowest BCUT2D eigenvalue weighted by Crippen LogP contribution is -2.55. The van der Waals surface area contributed by atoms with Gasteiger partial charge in [-0.1, -0.05) is 94.0 Å². The van der Waals surface area contributed by atoms with Crippen molar-refractivity contribution in [1.29, 1.82) is 0 Å². The number of ether oxygens (including phenoxy) is 1. The molecule has 232 valence electrons. The molecule has 2 N–H and O–H groups in total. The Morgan fingerprint density at radius 3 is 2.02 bits per heavy atom. The van der Waals surface area contributed by atoms with Gasteiger partial charge in [-0.15, -0.1) is 0 Å². The second kappa shape index (κ2) is 15.8. The molecule has 3 atom stereocenters. The first-order valence-electron chi connectivity index (χ1n) is 15.4. The van der Waals surface area contributed by atoms with Gasteiger partial charge in [-0.2, -0.15) is 0 Å². The van der Waals surface area contributed by atoms with Crippen LogP contribution < -0.4 is 10.6 Å². The van der Waals surface area contributed by atoms with E-state index in [0.29, 0.717) is 13.0 Å². The van der Waals surface area contributed by atoms with E-state index >= 15 is 0 Å². The minimum Gasteiger partial charge on any atom is -0.444 e.